The molecule has 2 rings (SSSR count). The first-order valence-electron chi connectivity index (χ1n) is 6.78. The van der Waals surface area contributed by atoms with Crippen LogP contribution in [-0.4, -0.2) is 18.0 Å². The molecule has 0 atom stereocenters. The third-order valence-corrected chi connectivity index (χ3v) is 3.07. The highest BCUT2D eigenvalue weighted by atomic mass is 16.6. The first kappa shape index (κ1) is 16.2. The van der Waals surface area contributed by atoms with E-state index < -0.39 is 10.9 Å². The highest BCUT2D eigenvalue weighted by Crippen LogP contribution is 2.29. The van der Waals surface area contributed by atoms with Gasteiger partial charge in [-0.1, -0.05) is 23.8 Å². The van der Waals surface area contributed by atoms with Crippen molar-refractivity contribution in [3.05, 3.63) is 75.5 Å². The molecule has 2 aromatic rings. The van der Waals surface area contributed by atoms with E-state index in [1.165, 1.54) is 19.3 Å². The van der Waals surface area contributed by atoms with E-state index in [1.54, 1.807) is 24.3 Å². The number of esters is 1. The Morgan fingerprint density at radius 3 is 2.43 bits per heavy atom. The van der Waals surface area contributed by atoms with Crippen LogP contribution < -0.4 is 9.47 Å². The van der Waals surface area contributed by atoms with Crippen LogP contribution in [-0.2, 0) is 0 Å². The topological polar surface area (TPSA) is 78.7 Å². The molecule has 0 saturated heterocycles. The number of nitro groups is 1. The molecule has 0 aromatic heterocycles. The maximum Gasteiger partial charge on any atom is 0.343 e. The Balaban J connectivity index is 2.20. The molecule has 0 aliphatic carbocycles. The van der Waals surface area contributed by atoms with Crippen molar-refractivity contribution in [2.45, 2.75) is 6.92 Å². The molecule has 0 fully saturated rings. The fourth-order valence-electron chi connectivity index (χ4n) is 1.87. The lowest BCUT2D eigenvalue weighted by atomic mass is 10.1. The van der Waals surface area contributed by atoms with Gasteiger partial charge in [0.1, 0.15) is 0 Å². The van der Waals surface area contributed by atoms with Crippen LogP contribution in [0.25, 0.3) is 6.08 Å². The number of carbonyl (C=O) groups excluding carboxylic acids is 1. The minimum absolute atomic E-state index is 0.247. The van der Waals surface area contributed by atoms with Crippen LogP contribution in [0, 0.1) is 17.0 Å². The lowest BCUT2D eigenvalue weighted by molar-refractivity contribution is -0.400. The summed E-state index contributed by atoms with van der Waals surface area (Å²) in [5, 5.41) is 10.3. The van der Waals surface area contributed by atoms with Gasteiger partial charge in [-0.3, -0.25) is 10.1 Å². The zero-order valence-electron chi connectivity index (χ0n) is 12.7. The van der Waals surface area contributed by atoms with Crippen LogP contribution in [0.3, 0.4) is 0 Å². The van der Waals surface area contributed by atoms with Crippen molar-refractivity contribution in [3.8, 4) is 11.5 Å². The summed E-state index contributed by atoms with van der Waals surface area (Å²) in [5.41, 5.74) is 2.03. The van der Waals surface area contributed by atoms with Gasteiger partial charge in [-0.25, -0.2) is 4.79 Å². The van der Waals surface area contributed by atoms with E-state index in [-0.39, 0.29) is 5.75 Å². The molecule has 2 aromatic carbocycles. The number of rotatable bonds is 5. The molecule has 23 heavy (non-hydrogen) atoms. The molecule has 0 heterocycles. The number of methoxy groups -OCH3 is 1. The highest BCUT2D eigenvalue weighted by molar-refractivity contribution is 5.91. The van der Waals surface area contributed by atoms with E-state index in [1.807, 2.05) is 19.1 Å². The summed E-state index contributed by atoms with van der Waals surface area (Å²) in [5.74, 6) is 0.0594. The normalized spacial score (nSPS) is 10.5. The van der Waals surface area contributed by atoms with E-state index in [0.717, 1.165) is 11.8 Å². The Hall–Kier alpha value is -3.15. The molecule has 0 saturated carbocycles. The van der Waals surface area contributed by atoms with Gasteiger partial charge in [0.05, 0.1) is 17.6 Å². The van der Waals surface area contributed by atoms with Crippen molar-refractivity contribution < 1.29 is 19.2 Å². The van der Waals surface area contributed by atoms with Gasteiger partial charge >= 0.3 is 5.97 Å². The summed E-state index contributed by atoms with van der Waals surface area (Å²) in [7, 11) is 1.43. The van der Waals surface area contributed by atoms with Crippen LogP contribution in [0.15, 0.2) is 48.7 Å². The second kappa shape index (κ2) is 7.22. The lowest BCUT2D eigenvalue weighted by Crippen LogP contribution is -2.09. The molecule has 0 bridgehead atoms. The van der Waals surface area contributed by atoms with Crippen LogP contribution in [0.4, 0.5) is 0 Å². The second-order valence-electron chi connectivity index (χ2n) is 4.77. The Labute approximate surface area is 133 Å². The summed E-state index contributed by atoms with van der Waals surface area (Å²) in [6.07, 6.45) is 2.15. The van der Waals surface area contributed by atoms with Crippen molar-refractivity contribution in [3.63, 3.8) is 0 Å². The van der Waals surface area contributed by atoms with Crippen LogP contribution in [0.2, 0.25) is 0 Å². The predicted molar refractivity (Wildman–Crippen MR) is 85.2 cm³/mol. The van der Waals surface area contributed by atoms with Crippen LogP contribution in [0.1, 0.15) is 21.5 Å². The molecule has 118 valence electrons. The highest BCUT2D eigenvalue weighted by Gasteiger charge is 2.12. The average molecular weight is 313 g/mol. The SMILES string of the molecule is COc1cc(/C=C\[N+](=O)[O-])ccc1OC(=O)c1ccc(C)cc1. The third-order valence-electron chi connectivity index (χ3n) is 3.07. The van der Waals surface area contributed by atoms with E-state index in [0.29, 0.717) is 16.9 Å². The summed E-state index contributed by atoms with van der Waals surface area (Å²) < 4.78 is 10.5. The van der Waals surface area contributed by atoms with Gasteiger partial charge < -0.3 is 9.47 Å². The minimum Gasteiger partial charge on any atom is -0.493 e. The van der Waals surface area contributed by atoms with E-state index in [4.69, 9.17) is 9.47 Å². The summed E-state index contributed by atoms with van der Waals surface area (Å²) in [6.45, 7) is 1.93. The van der Waals surface area contributed by atoms with Gasteiger partial charge in [-0.05, 0) is 36.8 Å². The first-order valence-corrected chi connectivity index (χ1v) is 6.78. The molecular formula is C17H15NO5. The molecular weight excluding hydrogens is 298 g/mol. The van der Waals surface area contributed by atoms with Crippen molar-refractivity contribution in [1.82, 2.24) is 0 Å². The molecule has 0 aliphatic rings. The number of hydrogen-bond acceptors (Lipinski definition) is 5. The molecule has 6 nitrogen and oxygen atoms in total. The first-order chi connectivity index (χ1) is 11.0. The zero-order chi connectivity index (χ0) is 16.8. The zero-order valence-corrected chi connectivity index (χ0v) is 12.7. The number of carbonyl (C=O) groups is 1. The molecule has 0 aliphatic heterocycles. The van der Waals surface area contributed by atoms with Crippen molar-refractivity contribution in [2.75, 3.05) is 7.11 Å². The monoisotopic (exact) mass is 313 g/mol. The number of benzene rings is 2. The fraction of sp³-hybridized carbons (Fsp3) is 0.118. The molecule has 0 N–H and O–H groups in total. The predicted octanol–water partition coefficient (Wildman–Crippen LogP) is 3.47. The fourth-order valence-corrected chi connectivity index (χ4v) is 1.87. The minimum atomic E-state index is -0.558. The third kappa shape index (κ3) is 4.41. The maximum atomic E-state index is 12.1. The van der Waals surface area contributed by atoms with Gasteiger partial charge in [-0.2, -0.15) is 0 Å². The van der Waals surface area contributed by atoms with E-state index >= 15 is 0 Å². The Morgan fingerprint density at radius 1 is 1.13 bits per heavy atom. The average Bonchev–Trinajstić information content (AvgIpc) is 2.54. The largest absolute Gasteiger partial charge is 0.493 e. The van der Waals surface area contributed by atoms with Gasteiger partial charge in [0.15, 0.2) is 11.5 Å². The molecule has 0 amide bonds. The van der Waals surface area contributed by atoms with Crippen molar-refractivity contribution >= 4 is 12.0 Å². The molecule has 0 spiro atoms. The molecule has 0 unspecified atom stereocenters. The van der Waals surface area contributed by atoms with Crippen molar-refractivity contribution in [2.24, 2.45) is 0 Å². The van der Waals surface area contributed by atoms with Crippen molar-refractivity contribution in [1.29, 1.82) is 0 Å². The van der Waals surface area contributed by atoms with Gasteiger partial charge in [0.25, 0.3) is 0 Å². The lowest BCUT2D eigenvalue weighted by Gasteiger charge is -2.10. The number of aryl methyl sites for hydroxylation is 1. The summed E-state index contributed by atoms with van der Waals surface area (Å²) >= 11 is 0. The molecule has 6 heteroatoms. The van der Waals surface area contributed by atoms with Crippen LogP contribution >= 0.6 is 0 Å². The summed E-state index contributed by atoms with van der Waals surface area (Å²) in [4.78, 5) is 21.9. The Kier molecular flexibility index (Phi) is 5.09. The smallest absolute Gasteiger partial charge is 0.343 e. The second-order valence-corrected chi connectivity index (χ2v) is 4.77. The number of ether oxygens (including phenoxy) is 2. The van der Waals surface area contributed by atoms with Gasteiger partial charge in [0.2, 0.25) is 6.20 Å². The van der Waals surface area contributed by atoms with Crippen LogP contribution in [0.5, 0.6) is 11.5 Å². The van der Waals surface area contributed by atoms with Gasteiger partial charge in [-0.15, -0.1) is 0 Å². The van der Waals surface area contributed by atoms with E-state index in [2.05, 4.69) is 0 Å². The Morgan fingerprint density at radius 2 is 1.83 bits per heavy atom. The quantitative estimate of drug-likeness (QED) is 0.365. The maximum absolute atomic E-state index is 12.1. The standard InChI is InChI=1S/C17H15NO5/c1-12-3-6-14(7-4-12)17(19)23-15-8-5-13(9-10-18(20)21)11-16(15)22-2/h3-11H,1-2H3/b10-9-. The Bertz CT molecular complexity index is 750. The number of hydrogen-bond donors (Lipinski definition) is 0. The number of nitrogens with zero attached hydrogens (tertiary/aromatic N) is 1. The summed E-state index contributed by atoms with van der Waals surface area (Å²) in [6, 6.07) is 11.7. The van der Waals surface area contributed by atoms with Gasteiger partial charge in [0, 0.05) is 6.08 Å². The molecule has 0 radical (unpaired) electrons. The van der Waals surface area contributed by atoms with E-state index in [9.17, 15) is 14.9 Å².